The number of nitrogens with zero attached hydrogens (tertiary/aromatic N) is 2. The third kappa shape index (κ3) is 7.97. The molecule has 235 valence electrons. The Labute approximate surface area is 282 Å². The second kappa shape index (κ2) is 14.5. The molecule has 0 N–H and O–H groups in total. The molecular weight excluding hydrogens is 803 g/mol. The van der Waals surface area contributed by atoms with E-state index in [4.69, 9.17) is 10.8 Å². The Balaban J connectivity index is 0.000000210. The van der Waals surface area contributed by atoms with Crippen molar-refractivity contribution in [2.24, 2.45) is 5.92 Å². The molecule has 3 heterocycles. The van der Waals surface area contributed by atoms with Crippen LogP contribution < -0.4 is 4.40 Å². The van der Waals surface area contributed by atoms with Gasteiger partial charge in [-0.3, -0.25) is 0 Å². The Morgan fingerprint density at radius 1 is 0.867 bits per heavy atom. The zero-order chi connectivity index (χ0) is 32.5. The van der Waals surface area contributed by atoms with Crippen molar-refractivity contribution >= 4 is 39.6 Å². The van der Waals surface area contributed by atoms with E-state index in [2.05, 4.69) is 66.6 Å². The van der Waals surface area contributed by atoms with Gasteiger partial charge in [0.2, 0.25) is 0 Å². The predicted molar refractivity (Wildman–Crippen MR) is 180 cm³/mol. The summed E-state index contributed by atoms with van der Waals surface area (Å²) in [4.78, 5) is 8.84. The van der Waals surface area contributed by atoms with Gasteiger partial charge in [-0.25, -0.2) is 8.78 Å². The van der Waals surface area contributed by atoms with Crippen LogP contribution in [0.3, 0.4) is 0 Å². The number of benzene rings is 3. The van der Waals surface area contributed by atoms with Crippen molar-refractivity contribution in [1.82, 2.24) is 9.97 Å². The minimum Gasteiger partial charge on any atom is -0.500 e. The van der Waals surface area contributed by atoms with E-state index >= 15 is 0 Å². The molecule has 1 radical (unpaired) electrons. The van der Waals surface area contributed by atoms with Crippen LogP contribution in [0.1, 0.15) is 46.1 Å². The molecule has 0 bridgehead atoms. The van der Waals surface area contributed by atoms with Gasteiger partial charge in [0.1, 0.15) is 17.2 Å². The second-order valence-electron chi connectivity index (χ2n) is 12.7. The fourth-order valence-electron chi connectivity index (χ4n) is 5.35. The molecule has 0 saturated carbocycles. The molecule has 7 heteroatoms. The van der Waals surface area contributed by atoms with Crippen molar-refractivity contribution < 1.29 is 34.7 Å². The van der Waals surface area contributed by atoms with Crippen LogP contribution >= 0.6 is 0 Å². The van der Waals surface area contributed by atoms with Crippen LogP contribution in [0.25, 0.3) is 44.5 Å². The van der Waals surface area contributed by atoms with E-state index < -0.39 is 25.0 Å². The molecule has 0 amide bonds. The fourth-order valence-corrected chi connectivity index (χ4v) is 8.68. The molecule has 0 unspecified atom stereocenters. The number of rotatable bonds is 6. The van der Waals surface area contributed by atoms with E-state index in [1.54, 1.807) is 36.4 Å². The first-order chi connectivity index (χ1) is 21.2. The van der Waals surface area contributed by atoms with E-state index in [1.807, 2.05) is 24.3 Å². The van der Waals surface area contributed by atoms with Crippen molar-refractivity contribution in [2.75, 3.05) is 0 Å². The Morgan fingerprint density at radius 3 is 2.29 bits per heavy atom. The number of hydrogen-bond acceptors (Lipinski definition) is 3. The molecular formula is C38H38F2GeIrN2O-2. The topological polar surface area (TPSA) is 38.9 Å². The first-order valence-electron chi connectivity index (χ1n) is 15.4. The molecule has 0 spiro atoms. The monoisotopic (exact) mass is 844 g/mol. The molecule has 3 nitrogen and oxygen atoms in total. The fraction of sp³-hybridized carbons (Fsp3) is 0.263. The van der Waals surface area contributed by atoms with Gasteiger partial charge in [-0.05, 0) is 29.3 Å². The Bertz CT molecular complexity index is 1960. The third-order valence-corrected chi connectivity index (χ3v) is 11.8. The van der Waals surface area contributed by atoms with Crippen LogP contribution in [0.4, 0.5) is 8.78 Å². The Morgan fingerprint density at radius 2 is 1.62 bits per heavy atom. The van der Waals surface area contributed by atoms with E-state index in [1.165, 1.54) is 17.7 Å². The van der Waals surface area contributed by atoms with Gasteiger partial charge >= 0.3 is 126 Å². The van der Waals surface area contributed by atoms with Crippen molar-refractivity contribution in [2.45, 2.75) is 57.3 Å². The van der Waals surface area contributed by atoms with Crippen LogP contribution in [0.15, 0.2) is 83.5 Å². The van der Waals surface area contributed by atoms with Crippen LogP contribution in [-0.2, 0) is 26.5 Å². The van der Waals surface area contributed by atoms with Crippen LogP contribution in [0.5, 0.6) is 0 Å². The van der Waals surface area contributed by atoms with E-state index in [-0.39, 0.29) is 31.5 Å². The van der Waals surface area contributed by atoms with Crippen molar-refractivity contribution in [3.05, 3.63) is 114 Å². The molecule has 0 aliphatic heterocycles. The maximum Gasteiger partial charge on any atom is 0.143 e. The second-order valence-corrected chi connectivity index (χ2v) is 23.3. The van der Waals surface area contributed by atoms with Gasteiger partial charge < -0.3 is 9.40 Å². The minimum absolute atomic E-state index is 0. The summed E-state index contributed by atoms with van der Waals surface area (Å²) in [7, 11) is 0. The van der Waals surface area contributed by atoms with E-state index in [0.717, 1.165) is 34.6 Å². The molecule has 6 aromatic rings. The van der Waals surface area contributed by atoms with Gasteiger partial charge in [-0.2, -0.15) is 0 Å². The average Bonchev–Trinajstić information content (AvgIpc) is 3.34. The maximum atomic E-state index is 14.0. The molecule has 0 fully saturated rings. The van der Waals surface area contributed by atoms with E-state index in [0.29, 0.717) is 28.3 Å². The van der Waals surface area contributed by atoms with Crippen molar-refractivity contribution in [3.63, 3.8) is 0 Å². The SMILES string of the molecule is CC(C)Cc1cc(-c2[c-]cccc2)nc[c]1[Ge]([CH3])([CH3])[CH3].[2H]C(C)(C)c1cc(-c2[c-]ccc3c2oc2cc(F)ccc23)ncc1F.[Ir]. The van der Waals surface area contributed by atoms with Gasteiger partial charge in [-0.15, -0.1) is 18.2 Å². The molecule has 0 aliphatic carbocycles. The minimum atomic E-state index is -1.86. The summed E-state index contributed by atoms with van der Waals surface area (Å²) in [6.45, 7) is 7.80. The molecule has 45 heavy (non-hydrogen) atoms. The number of hydrogen-bond donors (Lipinski definition) is 0. The predicted octanol–water partition coefficient (Wildman–Crippen LogP) is 10.1. The Kier molecular flexibility index (Phi) is 10.7. The van der Waals surface area contributed by atoms with Crippen LogP contribution in [0, 0.1) is 29.7 Å². The summed E-state index contributed by atoms with van der Waals surface area (Å²) in [5.41, 5.74) is 5.83. The smallest absolute Gasteiger partial charge is 0.143 e. The number of halogens is 2. The molecule has 3 aromatic heterocycles. The largest absolute Gasteiger partial charge is 0.500 e. The number of fused-ring (bicyclic) bond motifs is 3. The standard InChI is InChI=1S/C20H14F2NO.C18H24GeN.Ir/c1-11(2)16-9-18(23-10-17(16)22)15-5-3-4-14-13-7-6-12(21)8-19(13)24-20(14)15;1-14(2)11-16-12-18(15-9-7-6-8-10-15)20-13-17(16)19(3,4)5;/h3-4,6-11H,1-2H3;6-9,12-14H,11H2,1-5H3;/q2*-1;/i11D;;. The number of furan rings is 1. The first kappa shape index (κ1) is 33.2. The molecule has 3 aromatic carbocycles. The first-order valence-corrected chi connectivity index (χ1v) is 22.2. The van der Waals surface area contributed by atoms with Gasteiger partial charge in [0, 0.05) is 32.9 Å². The van der Waals surface area contributed by atoms with Crippen LogP contribution in [-0.4, -0.2) is 23.2 Å². The summed E-state index contributed by atoms with van der Waals surface area (Å²) < 4.78 is 43.0. The number of pyridine rings is 2. The van der Waals surface area contributed by atoms with Crippen LogP contribution in [0.2, 0.25) is 17.3 Å². The Hall–Kier alpha value is -3.19. The normalized spacial score (nSPS) is 12.1. The third-order valence-electron chi connectivity index (χ3n) is 7.46. The quantitative estimate of drug-likeness (QED) is 0.124. The number of aromatic nitrogens is 2. The van der Waals surface area contributed by atoms with Crippen molar-refractivity contribution in [1.29, 1.82) is 0 Å². The average molecular weight is 843 g/mol. The molecule has 6 rings (SSSR count). The summed E-state index contributed by atoms with van der Waals surface area (Å²) in [6, 6.07) is 26.2. The zero-order valence-electron chi connectivity index (χ0n) is 27.7. The molecule has 0 aliphatic rings. The van der Waals surface area contributed by atoms with Gasteiger partial charge in [0.25, 0.3) is 0 Å². The molecule has 0 saturated heterocycles. The summed E-state index contributed by atoms with van der Waals surface area (Å²) in [5, 5.41) is 1.59. The van der Waals surface area contributed by atoms with Crippen molar-refractivity contribution in [3.8, 4) is 22.5 Å². The van der Waals surface area contributed by atoms with Gasteiger partial charge in [0.15, 0.2) is 0 Å². The summed E-state index contributed by atoms with van der Waals surface area (Å²) in [5.74, 6) is 5.98. The summed E-state index contributed by atoms with van der Waals surface area (Å²) >= 11 is -1.86. The zero-order valence-corrected chi connectivity index (χ0v) is 31.2. The van der Waals surface area contributed by atoms with Gasteiger partial charge in [-0.1, -0.05) is 30.9 Å². The molecule has 0 atom stereocenters. The maximum absolute atomic E-state index is 14.0. The van der Waals surface area contributed by atoms with E-state index in [9.17, 15) is 8.78 Å². The van der Waals surface area contributed by atoms with Gasteiger partial charge in [0.05, 0.1) is 11.8 Å². The summed E-state index contributed by atoms with van der Waals surface area (Å²) in [6.07, 6.45) is 4.38.